The quantitative estimate of drug-likeness (QED) is 0.568. The molecular weight excluding hydrogens is 232 g/mol. The van der Waals surface area contributed by atoms with E-state index < -0.39 is 0 Å². The monoisotopic (exact) mass is 252 g/mol. The maximum Gasteiger partial charge on any atom is 0.272 e. The van der Waals surface area contributed by atoms with E-state index in [-0.39, 0.29) is 16.7 Å². The molecule has 5 heteroatoms. The van der Waals surface area contributed by atoms with Gasteiger partial charge in [0.15, 0.2) is 0 Å². The van der Waals surface area contributed by atoms with E-state index in [0.29, 0.717) is 13.0 Å². The molecule has 18 heavy (non-hydrogen) atoms. The van der Waals surface area contributed by atoms with Crippen LogP contribution in [-0.4, -0.2) is 31.2 Å². The summed E-state index contributed by atoms with van der Waals surface area (Å²) in [6.45, 7) is 3.52. The van der Waals surface area contributed by atoms with E-state index in [1.807, 2.05) is 19.1 Å². The minimum atomic E-state index is -0.325. The first kappa shape index (κ1) is 14.6. The van der Waals surface area contributed by atoms with E-state index in [1.54, 1.807) is 19.2 Å². The Labute approximate surface area is 107 Å². The number of nitrogens with zero attached hydrogens (tertiary/aromatic N) is 1. The second-order valence-corrected chi connectivity index (χ2v) is 4.13. The zero-order valence-electron chi connectivity index (χ0n) is 10.9. The van der Waals surface area contributed by atoms with Crippen LogP contribution in [0.5, 0.6) is 0 Å². The Kier molecular flexibility index (Phi) is 6.32. The lowest BCUT2D eigenvalue weighted by atomic mass is 10.0. The number of hydrogen-bond acceptors (Lipinski definition) is 4. The number of aryl methyl sites for hydroxylation is 1. The molecule has 1 rings (SSSR count). The molecule has 100 valence electrons. The molecule has 0 saturated heterocycles. The zero-order chi connectivity index (χ0) is 13.4. The molecule has 0 bridgehead atoms. The van der Waals surface area contributed by atoms with Crippen molar-refractivity contribution < 1.29 is 9.66 Å². The highest BCUT2D eigenvalue weighted by Gasteiger charge is 2.14. The Morgan fingerprint density at radius 3 is 2.78 bits per heavy atom. The number of methoxy groups -OCH3 is 1. The van der Waals surface area contributed by atoms with E-state index in [0.717, 1.165) is 18.5 Å². The summed E-state index contributed by atoms with van der Waals surface area (Å²) in [6, 6.07) is 7.13. The standard InChI is InChI=1S/C13H20N2O3/c1-3-14-12(10-18-2)9-8-11-6-4-5-7-13(11)15(16)17/h4-7,12,14H,3,8-10H2,1-2H3. The van der Waals surface area contributed by atoms with Gasteiger partial charge in [-0.3, -0.25) is 10.1 Å². The Balaban J connectivity index is 2.63. The Morgan fingerprint density at radius 1 is 1.44 bits per heavy atom. The topological polar surface area (TPSA) is 64.4 Å². The highest BCUT2D eigenvalue weighted by atomic mass is 16.6. The normalized spacial score (nSPS) is 12.3. The highest BCUT2D eigenvalue weighted by molar-refractivity contribution is 5.39. The molecule has 1 atom stereocenters. The molecule has 0 amide bonds. The van der Waals surface area contributed by atoms with E-state index in [9.17, 15) is 10.1 Å². The summed E-state index contributed by atoms with van der Waals surface area (Å²) >= 11 is 0. The van der Waals surface area contributed by atoms with Crippen LogP contribution in [0.3, 0.4) is 0 Å². The average Bonchev–Trinajstić information content (AvgIpc) is 2.36. The molecule has 1 aromatic carbocycles. The van der Waals surface area contributed by atoms with Gasteiger partial charge in [-0.25, -0.2) is 0 Å². The van der Waals surface area contributed by atoms with E-state index in [4.69, 9.17) is 4.74 Å². The van der Waals surface area contributed by atoms with Crippen LogP contribution in [-0.2, 0) is 11.2 Å². The van der Waals surface area contributed by atoms with Crippen molar-refractivity contribution in [3.8, 4) is 0 Å². The third-order valence-electron chi connectivity index (χ3n) is 2.81. The summed E-state index contributed by atoms with van der Waals surface area (Å²) in [5.74, 6) is 0. The van der Waals surface area contributed by atoms with Gasteiger partial charge in [0, 0.05) is 24.8 Å². The molecule has 0 saturated carbocycles. The van der Waals surface area contributed by atoms with Gasteiger partial charge in [0.25, 0.3) is 5.69 Å². The van der Waals surface area contributed by atoms with Gasteiger partial charge in [0.05, 0.1) is 11.5 Å². The largest absolute Gasteiger partial charge is 0.383 e. The summed E-state index contributed by atoms with van der Waals surface area (Å²) in [5.41, 5.74) is 0.978. The van der Waals surface area contributed by atoms with Crippen molar-refractivity contribution in [1.82, 2.24) is 5.32 Å². The lowest BCUT2D eigenvalue weighted by Crippen LogP contribution is -2.33. The van der Waals surface area contributed by atoms with Gasteiger partial charge in [-0.2, -0.15) is 0 Å². The van der Waals surface area contributed by atoms with Gasteiger partial charge >= 0.3 is 0 Å². The van der Waals surface area contributed by atoms with E-state index >= 15 is 0 Å². The molecule has 0 aliphatic carbocycles. The zero-order valence-corrected chi connectivity index (χ0v) is 10.9. The number of benzene rings is 1. The van der Waals surface area contributed by atoms with Crippen molar-refractivity contribution in [3.63, 3.8) is 0 Å². The molecule has 0 spiro atoms. The molecule has 0 aliphatic rings. The smallest absolute Gasteiger partial charge is 0.272 e. The fourth-order valence-corrected chi connectivity index (χ4v) is 1.96. The van der Waals surface area contributed by atoms with Crippen LogP contribution in [0.15, 0.2) is 24.3 Å². The Hall–Kier alpha value is -1.46. The van der Waals surface area contributed by atoms with Crippen LogP contribution in [0.2, 0.25) is 0 Å². The fraction of sp³-hybridized carbons (Fsp3) is 0.538. The molecule has 1 aromatic rings. The number of rotatable bonds is 8. The van der Waals surface area contributed by atoms with E-state index in [2.05, 4.69) is 5.32 Å². The van der Waals surface area contributed by atoms with Crippen LogP contribution in [0.4, 0.5) is 5.69 Å². The summed E-state index contributed by atoms with van der Waals surface area (Å²) in [7, 11) is 1.66. The second kappa shape index (κ2) is 7.79. The van der Waals surface area contributed by atoms with Gasteiger partial charge in [-0.1, -0.05) is 25.1 Å². The van der Waals surface area contributed by atoms with Gasteiger partial charge in [-0.05, 0) is 19.4 Å². The fourth-order valence-electron chi connectivity index (χ4n) is 1.96. The predicted molar refractivity (Wildman–Crippen MR) is 70.8 cm³/mol. The summed E-state index contributed by atoms with van der Waals surface area (Å²) in [5, 5.41) is 14.2. The Bertz CT molecular complexity index is 376. The highest BCUT2D eigenvalue weighted by Crippen LogP contribution is 2.19. The molecule has 0 aliphatic heterocycles. The number of likely N-dealkylation sites (N-methyl/N-ethyl adjacent to an activating group) is 1. The third-order valence-corrected chi connectivity index (χ3v) is 2.81. The lowest BCUT2D eigenvalue weighted by molar-refractivity contribution is -0.385. The minimum Gasteiger partial charge on any atom is -0.383 e. The summed E-state index contributed by atoms with van der Waals surface area (Å²) < 4.78 is 5.13. The molecule has 5 nitrogen and oxygen atoms in total. The number of hydrogen-bond donors (Lipinski definition) is 1. The van der Waals surface area contributed by atoms with Crippen molar-refractivity contribution >= 4 is 5.69 Å². The number of nitro benzene ring substituents is 1. The van der Waals surface area contributed by atoms with Crippen molar-refractivity contribution in [3.05, 3.63) is 39.9 Å². The number of nitro groups is 1. The SMILES string of the molecule is CCNC(CCc1ccccc1[N+](=O)[O-])COC. The first-order valence-electron chi connectivity index (χ1n) is 6.13. The van der Waals surface area contributed by atoms with Crippen LogP contribution >= 0.6 is 0 Å². The number of para-hydroxylation sites is 1. The lowest BCUT2D eigenvalue weighted by Gasteiger charge is -2.16. The number of ether oxygens (including phenoxy) is 1. The molecule has 0 radical (unpaired) electrons. The van der Waals surface area contributed by atoms with Crippen LogP contribution in [0.1, 0.15) is 18.9 Å². The van der Waals surface area contributed by atoms with Gasteiger partial charge in [0.2, 0.25) is 0 Å². The minimum absolute atomic E-state index is 0.199. The molecule has 0 aromatic heterocycles. The van der Waals surface area contributed by atoms with Crippen molar-refractivity contribution in [2.45, 2.75) is 25.8 Å². The number of nitrogens with one attached hydrogen (secondary N) is 1. The maximum absolute atomic E-state index is 10.9. The Morgan fingerprint density at radius 2 is 2.17 bits per heavy atom. The predicted octanol–water partition coefficient (Wildman–Crippen LogP) is 2.15. The molecule has 0 fully saturated rings. The average molecular weight is 252 g/mol. The third kappa shape index (κ3) is 4.43. The van der Waals surface area contributed by atoms with Crippen LogP contribution < -0.4 is 5.32 Å². The second-order valence-electron chi connectivity index (χ2n) is 4.13. The van der Waals surface area contributed by atoms with Gasteiger partial charge < -0.3 is 10.1 Å². The van der Waals surface area contributed by atoms with Gasteiger partial charge in [0.1, 0.15) is 0 Å². The van der Waals surface area contributed by atoms with Gasteiger partial charge in [-0.15, -0.1) is 0 Å². The van der Waals surface area contributed by atoms with Crippen LogP contribution in [0, 0.1) is 10.1 Å². The van der Waals surface area contributed by atoms with Crippen molar-refractivity contribution in [1.29, 1.82) is 0 Å². The van der Waals surface area contributed by atoms with Crippen LogP contribution in [0.25, 0.3) is 0 Å². The molecule has 1 N–H and O–H groups in total. The summed E-state index contributed by atoms with van der Waals surface area (Å²) in [6.07, 6.45) is 1.50. The first-order valence-corrected chi connectivity index (χ1v) is 6.13. The maximum atomic E-state index is 10.9. The molecule has 1 unspecified atom stereocenters. The first-order chi connectivity index (χ1) is 8.69. The van der Waals surface area contributed by atoms with Crippen molar-refractivity contribution in [2.75, 3.05) is 20.3 Å². The van der Waals surface area contributed by atoms with E-state index in [1.165, 1.54) is 0 Å². The molecule has 0 heterocycles. The molecular formula is C13H20N2O3. The van der Waals surface area contributed by atoms with Crippen molar-refractivity contribution in [2.24, 2.45) is 0 Å². The summed E-state index contributed by atoms with van der Waals surface area (Å²) in [4.78, 5) is 10.6.